The van der Waals surface area contributed by atoms with Gasteiger partial charge in [-0.2, -0.15) is 0 Å². The molecule has 6 nitrogen and oxygen atoms in total. The van der Waals surface area contributed by atoms with Gasteiger partial charge in [0, 0.05) is 5.69 Å². The minimum absolute atomic E-state index is 0.174. The van der Waals surface area contributed by atoms with E-state index in [1.807, 2.05) is 0 Å². The molecule has 15 heavy (non-hydrogen) atoms. The molecule has 0 atom stereocenters. The Morgan fingerprint density at radius 2 is 2.00 bits per heavy atom. The normalized spacial score (nSPS) is 9.87. The van der Waals surface area contributed by atoms with Crippen LogP contribution < -0.4 is 10.9 Å². The fourth-order valence-electron chi connectivity index (χ4n) is 1.05. The first-order valence-corrected chi connectivity index (χ1v) is 4.22. The predicted molar refractivity (Wildman–Crippen MR) is 54.0 cm³/mol. The molecule has 0 unspecified atom stereocenters. The topological polar surface area (TPSA) is 90.9 Å². The maximum atomic E-state index is 10.9. The quantitative estimate of drug-likeness (QED) is 0.623. The number of rotatable bonds is 2. The SMILES string of the molecule is O=c1cnnc(Nc2ccc(O)cc2)[nH]1. The Morgan fingerprint density at radius 1 is 1.27 bits per heavy atom. The lowest BCUT2D eigenvalue weighted by atomic mass is 10.3. The van der Waals surface area contributed by atoms with Gasteiger partial charge in [0.1, 0.15) is 11.9 Å². The van der Waals surface area contributed by atoms with Gasteiger partial charge in [-0.3, -0.25) is 9.78 Å². The van der Waals surface area contributed by atoms with Gasteiger partial charge in [-0.05, 0) is 24.3 Å². The second kappa shape index (κ2) is 3.79. The Kier molecular flexibility index (Phi) is 2.32. The average Bonchev–Trinajstić information content (AvgIpc) is 2.22. The van der Waals surface area contributed by atoms with Crippen molar-refractivity contribution in [3.8, 4) is 5.75 Å². The van der Waals surface area contributed by atoms with E-state index in [1.54, 1.807) is 12.1 Å². The summed E-state index contributed by atoms with van der Waals surface area (Å²) in [4.78, 5) is 13.4. The van der Waals surface area contributed by atoms with Crippen molar-refractivity contribution in [2.75, 3.05) is 5.32 Å². The van der Waals surface area contributed by atoms with Crippen LogP contribution in [-0.2, 0) is 0 Å². The summed E-state index contributed by atoms with van der Waals surface area (Å²) in [6, 6.07) is 6.36. The van der Waals surface area contributed by atoms with E-state index in [-0.39, 0.29) is 17.3 Å². The van der Waals surface area contributed by atoms with Crippen LogP contribution >= 0.6 is 0 Å². The van der Waals surface area contributed by atoms with Crippen LogP contribution in [0.4, 0.5) is 11.6 Å². The lowest BCUT2D eigenvalue weighted by Crippen LogP contribution is -2.10. The molecule has 1 aromatic carbocycles. The summed E-state index contributed by atoms with van der Waals surface area (Å²) in [7, 11) is 0. The van der Waals surface area contributed by atoms with E-state index in [2.05, 4.69) is 20.5 Å². The zero-order chi connectivity index (χ0) is 10.7. The first-order valence-electron chi connectivity index (χ1n) is 4.22. The summed E-state index contributed by atoms with van der Waals surface area (Å²) in [6.45, 7) is 0. The zero-order valence-electron chi connectivity index (χ0n) is 7.64. The molecule has 76 valence electrons. The largest absolute Gasteiger partial charge is 0.508 e. The minimum atomic E-state index is -0.328. The van der Waals surface area contributed by atoms with Gasteiger partial charge < -0.3 is 10.4 Å². The molecule has 0 saturated heterocycles. The molecule has 0 bridgehead atoms. The zero-order valence-corrected chi connectivity index (χ0v) is 7.64. The highest BCUT2D eigenvalue weighted by Gasteiger charge is 1.96. The Balaban J connectivity index is 2.22. The van der Waals surface area contributed by atoms with Gasteiger partial charge in [0.2, 0.25) is 5.95 Å². The summed E-state index contributed by atoms with van der Waals surface area (Å²) < 4.78 is 0. The first-order chi connectivity index (χ1) is 7.24. The molecule has 0 aliphatic heterocycles. The molecule has 0 amide bonds. The Morgan fingerprint density at radius 3 is 2.67 bits per heavy atom. The molecule has 3 N–H and O–H groups in total. The fraction of sp³-hybridized carbons (Fsp3) is 0. The number of nitrogens with zero attached hydrogens (tertiary/aromatic N) is 2. The van der Waals surface area contributed by atoms with Crippen molar-refractivity contribution in [3.63, 3.8) is 0 Å². The lowest BCUT2D eigenvalue weighted by molar-refractivity contribution is 0.475. The van der Waals surface area contributed by atoms with Crippen molar-refractivity contribution < 1.29 is 5.11 Å². The van der Waals surface area contributed by atoms with E-state index in [9.17, 15) is 4.79 Å². The number of aromatic amines is 1. The summed E-state index contributed by atoms with van der Waals surface area (Å²) in [6.07, 6.45) is 1.09. The molecule has 1 heterocycles. The number of aromatic nitrogens is 3. The predicted octanol–water partition coefficient (Wildman–Crippen LogP) is 0.614. The standard InChI is InChI=1S/C9H8N4O2/c14-7-3-1-6(2-4-7)11-9-12-8(15)5-10-13-9/h1-5,14H,(H2,11,12,13,15). The number of phenols is 1. The average molecular weight is 204 g/mol. The molecule has 0 saturated carbocycles. The summed E-state index contributed by atoms with van der Waals surface area (Å²) in [5.41, 5.74) is 0.371. The molecule has 0 radical (unpaired) electrons. The summed E-state index contributed by atoms with van der Waals surface area (Å²) >= 11 is 0. The smallest absolute Gasteiger partial charge is 0.271 e. The van der Waals surface area contributed by atoms with Gasteiger partial charge in [-0.25, -0.2) is 0 Å². The van der Waals surface area contributed by atoms with Gasteiger partial charge in [0.15, 0.2) is 0 Å². The van der Waals surface area contributed by atoms with Gasteiger partial charge in [0.25, 0.3) is 5.56 Å². The molecule has 0 aliphatic rings. The lowest BCUT2D eigenvalue weighted by Gasteiger charge is -2.03. The van der Waals surface area contributed by atoms with Crippen molar-refractivity contribution in [2.24, 2.45) is 0 Å². The Hall–Kier alpha value is -2.37. The maximum absolute atomic E-state index is 10.9. The number of phenolic OH excluding ortho intramolecular Hbond substituents is 1. The van der Waals surface area contributed by atoms with Crippen LogP contribution in [0, 0.1) is 0 Å². The minimum Gasteiger partial charge on any atom is -0.508 e. The van der Waals surface area contributed by atoms with Crippen LogP contribution in [0.15, 0.2) is 35.3 Å². The highest BCUT2D eigenvalue weighted by atomic mass is 16.3. The van der Waals surface area contributed by atoms with Crippen LogP contribution in [-0.4, -0.2) is 20.3 Å². The van der Waals surface area contributed by atoms with Gasteiger partial charge in [-0.1, -0.05) is 0 Å². The van der Waals surface area contributed by atoms with E-state index < -0.39 is 0 Å². The van der Waals surface area contributed by atoms with E-state index >= 15 is 0 Å². The van der Waals surface area contributed by atoms with Crippen LogP contribution in [0.5, 0.6) is 5.75 Å². The van der Waals surface area contributed by atoms with Crippen LogP contribution in [0.2, 0.25) is 0 Å². The molecule has 2 rings (SSSR count). The molecule has 0 fully saturated rings. The number of nitrogens with one attached hydrogen (secondary N) is 2. The van der Waals surface area contributed by atoms with E-state index in [0.29, 0.717) is 5.69 Å². The van der Waals surface area contributed by atoms with E-state index in [4.69, 9.17) is 5.11 Å². The van der Waals surface area contributed by atoms with Crippen LogP contribution in [0.1, 0.15) is 0 Å². The van der Waals surface area contributed by atoms with E-state index in [0.717, 1.165) is 6.20 Å². The third-order valence-electron chi connectivity index (χ3n) is 1.70. The Bertz CT molecular complexity index is 506. The van der Waals surface area contributed by atoms with Crippen LogP contribution in [0.25, 0.3) is 0 Å². The molecular weight excluding hydrogens is 196 g/mol. The fourth-order valence-corrected chi connectivity index (χ4v) is 1.05. The molecule has 0 spiro atoms. The molecule has 6 heteroatoms. The molecule has 0 aliphatic carbocycles. The third kappa shape index (κ3) is 2.31. The highest BCUT2D eigenvalue weighted by Crippen LogP contribution is 2.15. The van der Waals surface area contributed by atoms with Gasteiger partial charge in [0.05, 0.1) is 0 Å². The number of H-pyrrole nitrogens is 1. The second-order valence-electron chi connectivity index (χ2n) is 2.85. The van der Waals surface area contributed by atoms with Crippen molar-refractivity contribution in [1.29, 1.82) is 0 Å². The molecule has 1 aromatic heterocycles. The highest BCUT2D eigenvalue weighted by molar-refractivity contribution is 5.53. The number of aromatic hydroxyl groups is 1. The van der Waals surface area contributed by atoms with Gasteiger partial charge in [-0.15, -0.1) is 10.2 Å². The van der Waals surface area contributed by atoms with Crippen molar-refractivity contribution in [2.45, 2.75) is 0 Å². The monoisotopic (exact) mass is 204 g/mol. The van der Waals surface area contributed by atoms with Crippen molar-refractivity contribution in [1.82, 2.24) is 15.2 Å². The Labute approximate surface area is 84.6 Å². The van der Waals surface area contributed by atoms with Crippen LogP contribution in [0.3, 0.4) is 0 Å². The van der Waals surface area contributed by atoms with Crippen molar-refractivity contribution >= 4 is 11.6 Å². The van der Waals surface area contributed by atoms with Crippen molar-refractivity contribution in [3.05, 3.63) is 40.8 Å². The third-order valence-corrected chi connectivity index (χ3v) is 1.70. The molecule has 2 aromatic rings. The number of hydrogen-bond acceptors (Lipinski definition) is 5. The summed E-state index contributed by atoms with van der Waals surface area (Å²) in [5.74, 6) is 0.432. The first kappa shape index (κ1) is 9.20. The number of benzene rings is 1. The second-order valence-corrected chi connectivity index (χ2v) is 2.85. The molecular formula is C9H8N4O2. The number of hydrogen-bond donors (Lipinski definition) is 3. The number of anilines is 2. The summed E-state index contributed by atoms with van der Waals surface area (Å²) in [5, 5.41) is 19.1. The van der Waals surface area contributed by atoms with E-state index in [1.165, 1.54) is 12.1 Å². The van der Waals surface area contributed by atoms with Gasteiger partial charge >= 0.3 is 0 Å². The maximum Gasteiger partial charge on any atom is 0.271 e.